The number of hydroxylamine groups is 1. The lowest BCUT2D eigenvalue weighted by Crippen LogP contribution is -2.27. The lowest BCUT2D eigenvalue weighted by Gasteiger charge is -2.15. The highest BCUT2D eigenvalue weighted by Crippen LogP contribution is 2.22. The van der Waals surface area contributed by atoms with Crippen molar-refractivity contribution >= 4 is 27.8 Å². The second-order valence-electron chi connectivity index (χ2n) is 3.50. The van der Waals surface area contributed by atoms with E-state index >= 15 is 0 Å². The molecule has 0 heterocycles. The Labute approximate surface area is 114 Å². The predicted octanol–water partition coefficient (Wildman–Crippen LogP) is 0.0826. The van der Waals surface area contributed by atoms with E-state index in [0.29, 0.717) is 0 Å². The first-order chi connectivity index (χ1) is 9.22. The fourth-order valence-electron chi connectivity index (χ4n) is 1.36. The first-order valence-corrected chi connectivity index (χ1v) is 6.59. The first kappa shape index (κ1) is 15.9. The summed E-state index contributed by atoms with van der Waals surface area (Å²) in [4.78, 5) is 22.2. The van der Waals surface area contributed by atoms with Gasteiger partial charge in [-0.1, -0.05) is 0 Å². The van der Waals surface area contributed by atoms with Crippen LogP contribution < -0.4 is 10.2 Å². The van der Waals surface area contributed by atoms with E-state index in [1.807, 2.05) is 0 Å². The smallest absolute Gasteiger partial charge is 0.438 e. The Morgan fingerprint density at radius 1 is 1.25 bits per heavy atom. The second kappa shape index (κ2) is 5.86. The van der Waals surface area contributed by atoms with Gasteiger partial charge in [0, 0.05) is 0 Å². The van der Waals surface area contributed by atoms with Crippen LogP contribution in [0, 0.1) is 0 Å². The molecule has 0 spiro atoms. The Kier molecular flexibility index (Phi) is 4.65. The molecule has 10 heteroatoms. The number of anilines is 1. The van der Waals surface area contributed by atoms with Gasteiger partial charge in [-0.25, -0.2) is 23.1 Å². The van der Waals surface area contributed by atoms with Gasteiger partial charge in [-0.05, 0) is 18.2 Å². The van der Waals surface area contributed by atoms with Crippen molar-refractivity contribution in [3.05, 3.63) is 23.8 Å². The average Bonchev–Trinajstić information content (AvgIpc) is 2.43. The minimum Gasteiger partial charge on any atom is -0.465 e. The van der Waals surface area contributed by atoms with E-state index in [4.69, 9.17) is 5.14 Å². The van der Waals surface area contributed by atoms with Crippen molar-refractivity contribution in [1.29, 1.82) is 0 Å². The van der Waals surface area contributed by atoms with Gasteiger partial charge in [0.25, 0.3) is 0 Å². The lowest BCUT2D eigenvalue weighted by molar-refractivity contribution is 0.0596. The topological polar surface area (TPSA) is 136 Å². The summed E-state index contributed by atoms with van der Waals surface area (Å²) in [6.07, 6.45) is -1.12. The van der Waals surface area contributed by atoms with Crippen molar-refractivity contribution in [3.63, 3.8) is 0 Å². The molecule has 1 aromatic carbocycles. The minimum absolute atomic E-state index is 0.0966. The molecule has 0 atom stereocenters. The van der Waals surface area contributed by atoms with E-state index in [1.54, 1.807) is 0 Å². The third-order valence-electron chi connectivity index (χ3n) is 2.27. The van der Waals surface area contributed by atoms with Crippen molar-refractivity contribution in [2.75, 3.05) is 19.3 Å². The molecule has 110 valence electrons. The number of sulfonamides is 1. The normalized spacial score (nSPS) is 10.8. The number of rotatable bonds is 3. The summed E-state index contributed by atoms with van der Waals surface area (Å²) >= 11 is 0. The molecule has 1 rings (SSSR count). The van der Waals surface area contributed by atoms with Crippen molar-refractivity contribution in [2.24, 2.45) is 5.14 Å². The molecule has 1 amide bonds. The van der Waals surface area contributed by atoms with E-state index < -0.39 is 32.5 Å². The summed E-state index contributed by atoms with van der Waals surface area (Å²) in [7, 11) is -2.10. The zero-order chi connectivity index (χ0) is 15.5. The average molecular weight is 304 g/mol. The zero-order valence-electron chi connectivity index (χ0n) is 10.6. The number of benzene rings is 1. The molecule has 0 radical (unpaired) electrons. The Hall–Kier alpha value is -2.17. The molecule has 0 aliphatic heterocycles. The summed E-state index contributed by atoms with van der Waals surface area (Å²) < 4.78 is 31.4. The van der Waals surface area contributed by atoms with Gasteiger partial charge in [-0.2, -0.15) is 5.06 Å². The molecule has 1 aromatic rings. The number of methoxy groups -OCH3 is 2. The number of hydrogen-bond acceptors (Lipinski definition) is 7. The molecule has 0 saturated carbocycles. The second-order valence-corrected chi connectivity index (χ2v) is 5.03. The van der Waals surface area contributed by atoms with E-state index in [-0.39, 0.29) is 10.8 Å². The van der Waals surface area contributed by atoms with Gasteiger partial charge in [-0.3, -0.25) is 5.21 Å². The Morgan fingerprint density at radius 3 is 2.30 bits per heavy atom. The molecule has 0 aromatic heterocycles. The van der Waals surface area contributed by atoms with Gasteiger partial charge in [0.15, 0.2) is 0 Å². The van der Waals surface area contributed by atoms with Crippen LogP contribution in [-0.4, -0.2) is 39.9 Å². The van der Waals surface area contributed by atoms with Crippen LogP contribution in [0.5, 0.6) is 0 Å². The number of nitrogens with two attached hydrogens (primary N) is 1. The number of hydrogen-bond donors (Lipinski definition) is 2. The van der Waals surface area contributed by atoms with Crippen LogP contribution in [0.2, 0.25) is 0 Å². The molecule has 0 saturated heterocycles. The monoisotopic (exact) mass is 304 g/mol. The SMILES string of the molecule is COC(=O)c1cc(N(O)C(=O)OC)ccc1S(N)(=O)=O. The standard InChI is InChI=1S/C10H12N2O7S/c1-18-9(13)7-5-6(12(15)10(14)19-2)3-4-8(7)20(11,16)17/h3-5,15H,1-2H3,(H2,11,16,17). The lowest BCUT2D eigenvalue weighted by atomic mass is 10.2. The van der Waals surface area contributed by atoms with E-state index in [2.05, 4.69) is 9.47 Å². The highest BCUT2D eigenvalue weighted by atomic mass is 32.2. The number of ether oxygens (including phenoxy) is 2. The number of esters is 1. The first-order valence-electron chi connectivity index (χ1n) is 5.04. The molecular weight excluding hydrogens is 292 g/mol. The maximum absolute atomic E-state index is 11.5. The molecule has 3 N–H and O–H groups in total. The Bertz CT molecular complexity index is 641. The molecule has 0 aliphatic carbocycles. The number of carbonyl (C=O) groups is 2. The summed E-state index contributed by atoms with van der Waals surface area (Å²) in [6, 6.07) is 2.97. The van der Waals surface area contributed by atoms with Crippen LogP contribution in [0.1, 0.15) is 10.4 Å². The number of carbonyl (C=O) groups excluding carboxylic acids is 2. The van der Waals surface area contributed by atoms with Crippen molar-refractivity contribution in [1.82, 2.24) is 0 Å². The molecule has 20 heavy (non-hydrogen) atoms. The van der Waals surface area contributed by atoms with Crippen LogP contribution in [-0.2, 0) is 19.5 Å². The maximum Gasteiger partial charge on any atom is 0.438 e. The fourth-order valence-corrected chi connectivity index (χ4v) is 2.07. The van der Waals surface area contributed by atoms with Crippen LogP contribution in [0.25, 0.3) is 0 Å². The largest absolute Gasteiger partial charge is 0.465 e. The molecule has 0 bridgehead atoms. The van der Waals surface area contributed by atoms with Gasteiger partial charge < -0.3 is 9.47 Å². The summed E-state index contributed by atoms with van der Waals surface area (Å²) in [5, 5.41) is 14.5. The Balaban J connectivity index is 3.43. The van der Waals surface area contributed by atoms with Gasteiger partial charge >= 0.3 is 12.1 Å². The van der Waals surface area contributed by atoms with Crippen molar-refractivity contribution < 1.29 is 32.7 Å². The van der Waals surface area contributed by atoms with Crippen LogP contribution in [0.15, 0.2) is 23.1 Å². The molecule has 0 fully saturated rings. The number of primary sulfonamides is 1. The molecule has 0 aliphatic rings. The van der Waals surface area contributed by atoms with Crippen molar-refractivity contribution in [2.45, 2.75) is 4.90 Å². The van der Waals surface area contributed by atoms with E-state index in [9.17, 15) is 23.2 Å². The van der Waals surface area contributed by atoms with Gasteiger partial charge in [-0.15, -0.1) is 0 Å². The molecule has 9 nitrogen and oxygen atoms in total. The summed E-state index contributed by atoms with van der Waals surface area (Å²) in [5.74, 6) is -0.992. The van der Waals surface area contributed by atoms with E-state index in [0.717, 1.165) is 32.4 Å². The maximum atomic E-state index is 11.5. The van der Waals surface area contributed by atoms with Gasteiger partial charge in [0.2, 0.25) is 10.0 Å². The van der Waals surface area contributed by atoms with Gasteiger partial charge in [0.05, 0.1) is 30.4 Å². The zero-order valence-corrected chi connectivity index (χ0v) is 11.4. The molecule has 0 unspecified atom stereocenters. The Morgan fingerprint density at radius 2 is 1.85 bits per heavy atom. The van der Waals surface area contributed by atoms with Crippen molar-refractivity contribution in [3.8, 4) is 0 Å². The van der Waals surface area contributed by atoms with E-state index in [1.165, 1.54) is 0 Å². The fraction of sp³-hybridized carbons (Fsp3) is 0.200. The third-order valence-corrected chi connectivity index (χ3v) is 3.24. The van der Waals surface area contributed by atoms with Gasteiger partial charge in [0.1, 0.15) is 0 Å². The number of amides is 1. The third kappa shape index (κ3) is 3.23. The molecular formula is C10H12N2O7S. The number of nitrogens with zero attached hydrogens (tertiary/aromatic N) is 1. The summed E-state index contributed by atoms with van der Waals surface area (Å²) in [6.45, 7) is 0. The summed E-state index contributed by atoms with van der Waals surface area (Å²) in [5.41, 5.74) is -0.611. The van der Waals surface area contributed by atoms with Crippen LogP contribution in [0.4, 0.5) is 10.5 Å². The van der Waals surface area contributed by atoms with Crippen LogP contribution in [0.3, 0.4) is 0 Å². The highest BCUT2D eigenvalue weighted by molar-refractivity contribution is 7.89. The quantitative estimate of drug-likeness (QED) is 0.458. The minimum atomic E-state index is -4.17. The highest BCUT2D eigenvalue weighted by Gasteiger charge is 2.23. The van der Waals surface area contributed by atoms with Crippen LogP contribution >= 0.6 is 0 Å². The predicted molar refractivity (Wildman–Crippen MR) is 65.8 cm³/mol.